The Hall–Kier alpha value is -1.32. The lowest BCUT2D eigenvalue weighted by molar-refractivity contribution is 0.317. The van der Waals surface area contributed by atoms with Crippen LogP contribution in [0.15, 0.2) is 36.4 Å². The summed E-state index contributed by atoms with van der Waals surface area (Å²) >= 11 is 1.88. The van der Waals surface area contributed by atoms with Crippen molar-refractivity contribution in [2.75, 3.05) is 13.7 Å². The highest BCUT2D eigenvalue weighted by Crippen LogP contribution is 2.30. The summed E-state index contributed by atoms with van der Waals surface area (Å²) in [4.78, 5) is 2.79. The molecule has 0 aliphatic heterocycles. The molecular weight excluding hydrogens is 266 g/mol. The van der Waals surface area contributed by atoms with E-state index in [-0.39, 0.29) is 6.04 Å². The molecule has 1 aromatic heterocycles. The summed E-state index contributed by atoms with van der Waals surface area (Å²) in [5, 5.41) is 3.41. The summed E-state index contributed by atoms with van der Waals surface area (Å²) in [6, 6.07) is 13.1. The minimum atomic E-state index is 0.241. The van der Waals surface area contributed by atoms with Crippen molar-refractivity contribution in [1.29, 1.82) is 0 Å². The van der Waals surface area contributed by atoms with Crippen molar-refractivity contribution < 1.29 is 4.74 Å². The fraction of sp³-hybridized carbons (Fsp3) is 0.412. The normalized spacial score (nSPS) is 12.3. The number of aryl methyl sites for hydroxylation is 1. The van der Waals surface area contributed by atoms with E-state index in [9.17, 15) is 0 Å². The molecule has 2 aromatic rings. The number of benzene rings is 1. The van der Waals surface area contributed by atoms with Crippen LogP contribution in [-0.2, 0) is 6.42 Å². The number of hydrogen-bond donors (Lipinski definition) is 1. The lowest BCUT2D eigenvalue weighted by Gasteiger charge is -2.16. The van der Waals surface area contributed by atoms with Crippen molar-refractivity contribution in [3.8, 4) is 5.75 Å². The van der Waals surface area contributed by atoms with Crippen molar-refractivity contribution >= 4 is 11.3 Å². The molecule has 0 fully saturated rings. The third-order valence-electron chi connectivity index (χ3n) is 3.27. The van der Waals surface area contributed by atoms with Crippen LogP contribution in [0.2, 0.25) is 0 Å². The highest BCUT2D eigenvalue weighted by molar-refractivity contribution is 7.12. The molecule has 0 spiro atoms. The summed E-state index contributed by atoms with van der Waals surface area (Å²) in [6.07, 6.45) is 2.13. The average Bonchev–Trinajstić information content (AvgIpc) is 2.95. The van der Waals surface area contributed by atoms with Gasteiger partial charge in [0.2, 0.25) is 0 Å². The Morgan fingerprint density at radius 3 is 2.70 bits per heavy atom. The quantitative estimate of drug-likeness (QED) is 0.815. The average molecular weight is 289 g/mol. The van der Waals surface area contributed by atoms with E-state index in [1.807, 2.05) is 24.5 Å². The van der Waals surface area contributed by atoms with Crippen LogP contribution < -0.4 is 10.1 Å². The molecule has 0 bridgehead atoms. The maximum absolute atomic E-state index is 5.73. The highest BCUT2D eigenvalue weighted by atomic mass is 32.1. The van der Waals surface area contributed by atoms with Crippen LogP contribution in [0.4, 0.5) is 0 Å². The van der Waals surface area contributed by atoms with Crippen molar-refractivity contribution in [2.45, 2.75) is 32.7 Å². The smallest absolute Gasteiger partial charge is 0.119 e. The van der Waals surface area contributed by atoms with Crippen molar-refractivity contribution in [3.63, 3.8) is 0 Å². The number of ether oxygens (including phenoxy) is 1. The third-order valence-corrected chi connectivity index (χ3v) is 4.56. The summed E-state index contributed by atoms with van der Waals surface area (Å²) in [5.41, 5.74) is 1.26. The van der Waals surface area contributed by atoms with Gasteiger partial charge in [-0.2, -0.15) is 0 Å². The number of thiophene rings is 1. The van der Waals surface area contributed by atoms with Gasteiger partial charge < -0.3 is 10.1 Å². The molecule has 1 unspecified atom stereocenters. The second-order valence-corrected chi connectivity index (χ2v) is 6.00. The van der Waals surface area contributed by atoms with Gasteiger partial charge in [-0.1, -0.05) is 26.0 Å². The summed E-state index contributed by atoms with van der Waals surface area (Å²) in [5.74, 6) is 0.955. The summed E-state index contributed by atoms with van der Waals surface area (Å²) in [7, 11) is 2.01. The minimum Gasteiger partial charge on any atom is -0.494 e. The van der Waals surface area contributed by atoms with E-state index in [1.54, 1.807) is 0 Å². The van der Waals surface area contributed by atoms with Crippen LogP contribution in [0.25, 0.3) is 0 Å². The van der Waals surface area contributed by atoms with E-state index in [2.05, 4.69) is 49.5 Å². The van der Waals surface area contributed by atoms with Crippen LogP contribution in [0, 0.1) is 0 Å². The molecule has 0 amide bonds. The lowest BCUT2D eigenvalue weighted by atomic mass is 10.1. The molecule has 0 aliphatic rings. The molecule has 3 heteroatoms. The van der Waals surface area contributed by atoms with Gasteiger partial charge in [0.1, 0.15) is 5.75 Å². The zero-order valence-electron chi connectivity index (χ0n) is 12.5. The third kappa shape index (κ3) is 3.62. The van der Waals surface area contributed by atoms with Crippen LogP contribution >= 0.6 is 11.3 Å². The van der Waals surface area contributed by atoms with Gasteiger partial charge in [0.05, 0.1) is 12.6 Å². The molecule has 1 atom stereocenters. The molecule has 0 radical (unpaired) electrons. The van der Waals surface area contributed by atoms with Crippen LogP contribution in [0.3, 0.4) is 0 Å². The van der Waals surface area contributed by atoms with E-state index >= 15 is 0 Å². The zero-order chi connectivity index (χ0) is 14.4. The first-order chi connectivity index (χ1) is 9.78. The van der Waals surface area contributed by atoms with Gasteiger partial charge in [-0.25, -0.2) is 0 Å². The van der Waals surface area contributed by atoms with Gasteiger partial charge in [-0.05, 0) is 49.7 Å². The lowest BCUT2D eigenvalue weighted by Crippen LogP contribution is -2.16. The van der Waals surface area contributed by atoms with E-state index in [0.717, 1.165) is 25.2 Å². The van der Waals surface area contributed by atoms with Crippen LogP contribution in [0.1, 0.15) is 41.6 Å². The largest absolute Gasteiger partial charge is 0.494 e. The molecular formula is C17H23NOS. The Balaban J connectivity index is 2.22. The van der Waals surface area contributed by atoms with Crippen molar-refractivity contribution in [1.82, 2.24) is 5.32 Å². The minimum absolute atomic E-state index is 0.241. The fourth-order valence-electron chi connectivity index (χ4n) is 2.22. The van der Waals surface area contributed by atoms with Gasteiger partial charge in [0.25, 0.3) is 0 Å². The topological polar surface area (TPSA) is 21.3 Å². The molecule has 20 heavy (non-hydrogen) atoms. The van der Waals surface area contributed by atoms with E-state index in [0.29, 0.717) is 0 Å². The van der Waals surface area contributed by atoms with E-state index in [4.69, 9.17) is 4.74 Å². The van der Waals surface area contributed by atoms with Gasteiger partial charge in [-0.3, -0.25) is 0 Å². The number of hydrogen-bond acceptors (Lipinski definition) is 3. The van der Waals surface area contributed by atoms with Crippen LogP contribution in [0.5, 0.6) is 5.75 Å². The van der Waals surface area contributed by atoms with E-state index < -0.39 is 0 Å². The summed E-state index contributed by atoms with van der Waals surface area (Å²) in [6.45, 7) is 5.09. The van der Waals surface area contributed by atoms with Crippen molar-refractivity contribution in [2.24, 2.45) is 0 Å². The maximum Gasteiger partial charge on any atom is 0.119 e. The molecule has 108 valence electrons. The van der Waals surface area contributed by atoms with Crippen LogP contribution in [-0.4, -0.2) is 13.7 Å². The monoisotopic (exact) mass is 289 g/mol. The Morgan fingerprint density at radius 2 is 2.05 bits per heavy atom. The first kappa shape index (κ1) is 15.1. The number of nitrogens with one attached hydrogen (secondary N) is 1. The molecule has 1 N–H and O–H groups in total. The SMILES string of the molecule is CCCOc1cccc(C(NC)c2ccc(CC)s2)c1. The van der Waals surface area contributed by atoms with Gasteiger partial charge in [-0.15, -0.1) is 11.3 Å². The Morgan fingerprint density at radius 1 is 1.20 bits per heavy atom. The Kier molecular flexibility index (Phi) is 5.62. The predicted molar refractivity (Wildman–Crippen MR) is 86.8 cm³/mol. The molecule has 0 saturated carbocycles. The van der Waals surface area contributed by atoms with Crippen molar-refractivity contribution in [3.05, 3.63) is 51.7 Å². The molecule has 1 heterocycles. The standard InChI is InChI=1S/C17H23NOS/c1-4-11-19-14-8-6-7-13(12-14)17(18-3)16-10-9-15(5-2)20-16/h6-10,12,17-18H,4-5,11H2,1-3H3. The van der Waals surface area contributed by atoms with E-state index in [1.165, 1.54) is 15.3 Å². The molecule has 2 nitrogen and oxygen atoms in total. The fourth-order valence-corrected chi connectivity index (χ4v) is 3.31. The molecule has 2 rings (SSSR count). The maximum atomic E-state index is 5.73. The van der Waals surface area contributed by atoms with Gasteiger partial charge in [0, 0.05) is 9.75 Å². The highest BCUT2D eigenvalue weighted by Gasteiger charge is 2.14. The Labute approximate surface area is 125 Å². The zero-order valence-corrected chi connectivity index (χ0v) is 13.3. The first-order valence-corrected chi connectivity index (χ1v) is 8.08. The predicted octanol–water partition coefficient (Wildman–Crippen LogP) is 4.41. The summed E-state index contributed by atoms with van der Waals surface area (Å²) < 4.78 is 5.73. The van der Waals surface area contributed by atoms with Gasteiger partial charge >= 0.3 is 0 Å². The second kappa shape index (κ2) is 7.46. The number of rotatable bonds is 7. The molecule has 0 saturated heterocycles. The Bertz CT molecular complexity index is 535. The molecule has 0 aliphatic carbocycles. The molecule has 1 aromatic carbocycles. The van der Waals surface area contributed by atoms with Gasteiger partial charge in [0.15, 0.2) is 0 Å². The first-order valence-electron chi connectivity index (χ1n) is 7.27. The second-order valence-electron chi connectivity index (χ2n) is 4.80.